The van der Waals surface area contributed by atoms with Crippen LogP contribution in [0.3, 0.4) is 0 Å². The summed E-state index contributed by atoms with van der Waals surface area (Å²) in [6.07, 6.45) is 0. The van der Waals surface area contributed by atoms with E-state index in [0.717, 1.165) is 0 Å². The molecule has 2 aromatic carbocycles. The standard InChI is InChI=1S/C19H18O5/c1-3-22-19(20)18-15-11-14(21-2)9-10-16(15)24-17(18)12-23-13-7-5-4-6-8-13/h4-11H,3,12H2,1-2H3. The molecule has 0 fully saturated rings. The largest absolute Gasteiger partial charge is 0.497 e. The Morgan fingerprint density at radius 3 is 2.58 bits per heavy atom. The van der Waals surface area contributed by atoms with Crippen LogP contribution in [0, 0.1) is 0 Å². The summed E-state index contributed by atoms with van der Waals surface area (Å²) >= 11 is 0. The van der Waals surface area contributed by atoms with Gasteiger partial charge in [0.05, 0.1) is 13.7 Å². The van der Waals surface area contributed by atoms with Crippen LogP contribution < -0.4 is 9.47 Å². The van der Waals surface area contributed by atoms with Crippen LogP contribution in [-0.4, -0.2) is 19.7 Å². The first-order chi connectivity index (χ1) is 11.7. The van der Waals surface area contributed by atoms with E-state index in [1.165, 1.54) is 0 Å². The highest BCUT2D eigenvalue weighted by atomic mass is 16.5. The number of ether oxygens (including phenoxy) is 3. The highest BCUT2D eigenvalue weighted by Crippen LogP contribution is 2.31. The molecule has 0 atom stereocenters. The molecule has 0 aliphatic rings. The second-order valence-corrected chi connectivity index (χ2v) is 5.08. The predicted octanol–water partition coefficient (Wildman–Crippen LogP) is 4.20. The Bertz CT molecular complexity index is 836. The quantitative estimate of drug-likeness (QED) is 0.636. The maximum absolute atomic E-state index is 12.4. The number of rotatable bonds is 6. The molecule has 0 unspecified atom stereocenters. The first-order valence-corrected chi connectivity index (χ1v) is 7.67. The van der Waals surface area contributed by atoms with Crippen molar-refractivity contribution < 1.29 is 23.4 Å². The lowest BCUT2D eigenvalue weighted by Crippen LogP contribution is -2.08. The van der Waals surface area contributed by atoms with Gasteiger partial charge in [-0.05, 0) is 37.3 Å². The normalized spacial score (nSPS) is 10.6. The van der Waals surface area contributed by atoms with Gasteiger partial charge in [-0.1, -0.05) is 18.2 Å². The van der Waals surface area contributed by atoms with Crippen LogP contribution in [0.2, 0.25) is 0 Å². The van der Waals surface area contributed by atoms with Crippen molar-refractivity contribution in [2.75, 3.05) is 13.7 Å². The van der Waals surface area contributed by atoms with Crippen LogP contribution in [0.5, 0.6) is 11.5 Å². The summed E-state index contributed by atoms with van der Waals surface area (Å²) in [5.74, 6) is 1.34. The van der Waals surface area contributed by atoms with Gasteiger partial charge in [0.2, 0.25) is 0 Å². The zero-order chi connectivity index (χ0) is 16.9. The number of para-hydroxylation sites is 1. The molecule has 0 N–H and O–H groups in total. The number of methoxy groups -OCH3 is 1. The maximum atomic E-state index is 12.4. The Labute approximate surface area is 139 Å². The molecule has 1 heterocycles. The van der Waals surface area contributed by atoms with Gasteiger partial charge in [0.1, 0.15) is 29.3 Å². The summed E-state index contributed by atoms with van der Waals surface area (Å²) in [5.41, 5.74) is 0.965. The minimum Gasteiger partial charge on any atom is -0.497 e. The number of hydrogen-bond acceptors (Lipinski definition) is 5. The summed E-state index contributed by atoms with van der Waals surface area (Å²) in [5, 5.41) is 0.652. The minimum atomic E-state index is -0.434. The molecule has 0 saturated carbocycles. The van der Waals surface area contributed by atoms with E-state index in [4.69, 9.17) is 18.6 Å². The van der Waals surface area contributed by atoms with Gasteiger partial charge in [0.25, 0.3) is 0 Å². The van der Waals surface area contributed by atoms with Crippen molar-refractivity contribution in [1.82, 2.24) is 0 Å². The molecule has 0 radical (unpaired) electrons. The molecule has 0 aliphatic heterocycles. The minimum absolute atomic E-state index is 0.134. The molecule has 0 aliphatic carbocycles. The SMILES string of the molecule is CCOC(=O)c1c(COc2ccccc2)oc2ccc(OC)cc12. The van der Waals surface area contributed by atoms with E-state index in [-0.39, 0.29) is 13.2 Å². The maximum Gasteiger partial charge on any atom is 0.342 e. The lowest BCUT2D eigenvalue weighted by atomic mass is 10.1. The van der Waals surface area contributed by atoms with E-state index in [0.29, 0.717) is 33.8 Å². The van der Waals surface area contributed by atoms with Crippen LogP contribution in [0.1, 0.15) is 23.0 Å². The molecule has 5 heteroatoms. The van der Waals surface area contributed by atoms with Crippen molar-refractivity contribution in [3.05, 3.63) is 59.9 Å². The Hall–Kier alpha value is -2.95. The van der Waals surface area contributed by atoms with Crippen molar-refractivity contribution in [3.63, 3.8) is 0 Å². The fourth-order valence-corrected chi connectivity index (χ4v) is 2.45. The Morgan fingerprint density at radius 1 is 1.08 bits per heavy atom. The molecule has 5 nitrogen and oxygen atoms in total. The van der Waals surface area contributed by atoms with Crippen molar-refractivity contribution >= 4 is 16.9 Å². The third kappa shape index (κ3) is 3.20. The smallest absolute Gasteiger partial charge is 0.342 e. The van der Waals surface area contributed by atoms with E-state index in [9.17, 15) is 4.79 Å². The lowest BCUT2D eigenvalue weighted by molar-refractivity contribution is 0.0523. The van der Waals surface area contributed by atoms with Crippen LogP contribution in [0.15, 0.2) is 52.9 Å². The summed E-state index contributed by atoms with van der Waals surface area (Å²) in [4.78, 5) is 12.4. The van der Waals surface area contributed by atoms with Crippen LogP contribution >= 0.6 is 0 Å². The zero-order valence-corrected chi connectivity index (χ0v) is 13.6. The second-order valence-electron chi connectivity index (χ2n) is 5.08. The lowest BCUT2D eigenvalue weighted by Gasteiger charge is -2.06. The van der Waals surface area contributed by atoms with Gasteiger partial charge in [0.15, 0.2) is 5.76 Å². The van der Waals surface area contributed by atoms with Crippen LogP contribution in [-0.2, 0) is 11.3 Å². The fourth-order valence-electron chi connectivity index (χ4n) is 2.45. The summed E-state index contributed by atoms with van der Waals surface area (Å²) < 4.78 is 21.9. The number of esters is 1. The molecule has 124 valence electrons. The summed E-state index contributed by atoms with van der Waals surface area (Å²) in [6, 6.07) is 14.7. The zero-order valence-electron chi connectivity index (χ0n) is 13.6. The predicted molar refractivity (Wildman–Crippen MR) is 89.5 cm³/mol. The van der Waals surface area contributed by atoms with E-state index in [1.807, 2.05) is 30.3 Å². The topological polar surface area (TPSA) is 57.9 Å². The molecule has 1 aromatic heterocycles. The monoisotopic (exact) mass is 326 g/mol. The average Bonchev–Trinajstić information content (AvgIpc) is 2.98. The molecule has 0 saturated heterocycles. The van der Waals surface area contributed by atoms with E-state index >= 15 is 0 Å². The van der Waals surface area contributed by atoms with Gasteiger partial charge in [-0.15, -0.1) is 0 Å². The van der Waals surface area contributed by atoms with Crippen molar-refractivity contribution in [1.29, 1.82) is 0 Å². The number of hydrogen-bond donors (Lipinski definition) is 0. The molecule has 24 heavy (non-hydrogen) atoms. The molecular formula is C19H18O5. The van der Waals surface area contributed by atoms with Crippen molar-refractivity contribution in [2.45, 2.75) is 13.5 Å². The third-order valence-electron chi connectivity index (χ3n) is 3.56. The number of carbonyl (C=O) groups excluding carboxylic acids is 1. The van der Waals surface area contributed by atoms with Gasteiger partial charge in [0, 0.05) is 5.39 Å². The highest BCUT2D eigenvalue weighted by Gasteiger charge is 2.23. The second kappa shape index (κ2) is 7.08. The molecule has 0 bridgehead atoms. The first kappa shape index (κ1) is 15.9. The highest BCUT2D eigenvalue weighted by molar-refractivity contribution is 6.05. The van der Waals surface area contributed by atoms with E-state index in [2.05, 4.69) is 0 Å². The summed E-state index contributed by atoms with van der Waals surface area (Å²) in [6.45, 7) is 2.19. The average molecular weight is 326 g/mol. The molecule has 0 amide bonds. The number of fused-ring (bicyclic) bond motifs is 1. The van der Waals surface area contributed by atoms with Crippen LogP contribution in [0.25, 0.3) is 11.0 Å². The third-order valence-corrected chi connectivity index (χ3v) is 3.56. The Balaban J connectivity index is 1.98. The molecule has 3 rings (SSSR count). The van der Waals surface area contributed by atoms with Gasteiger partial charge in [-0.3, -0.25) is 0 Å². The Kier molecular flexibility index (Phi) is 4.70. The molecule has 3 aromatic rings. The van der Waals surface area contributed by atoms with Crippen molar-refractivity contribution in [3.8, 4) is 11.5 Å². The van der Waals surface area contributed by atoms with Gasteiger partial charge >= 0.3 is 5.97 Å². The number of carbonyl (C=O) groups is 1. The van der Waals surface area contributed by atoms with Gasteiger partial charge < -0.3 is 18.6 Å². The fraction of sp³-hybridized carbons (Fsp3) is 0.211. The van der Waals surface area contributed by atoms with Gasteiger partial charge in [-0.2, -0.15) is 0 Å². The van der Waals surface area contributed by atoms with E-state index in [1.54, 1.807) is 32.2 Å². The Morgan fingerprint density at radius 2 is 1.88 bits per heavy atom. The number of furan rings is 1. The summed E-state index contributed by atoms with van der Waals surface area (Å²) in [7, 11) is 1.57. The van der Waals surface area contributed by atoms with Gasteiger partial charge in [-0.25, -0.2) is 4.79 Å². The van der Waals surface area contributed by atoms with Crippen LogP contribution in [0.4, 0.5) is 0 Å². The van der Waals surface area contributed by atoms with Crippen molar-refractivity contribution in [2.24, 2.45) is 0 Å². The van der Waals surface area contributed by atoms with E-state index < -0.39 is 5.97 Å². The molecular weight excluding hydrogens is 308 g/mol. The first-order valence-electron chi connectivity index (χ1n) is 7.67. The number of benzene rings is 2. The molecule has 0 spiro atoms.